The van der Waals surface area contributed by atoms with Crippen LogP contribution in [0.5, 0.6) is 0 Å². The van der Waals surface area contributed by atoms with Crippen molar-refractivity contribution >= 4 is 17.3 Å². The van der Waals surface area contributed by atoms with Crippen LogP contribution in [0.4, 0.5) is 5.69 Å². The van der Waals surface area contributed by atoms with Crippen LogP contribution in [0.1, 0.15) is 25.3 Å². The van der Waals surface area contributed by atoms with Crippen molar-refractivity contribution < 1.29 is 0 Å². The summed E-state index contributed by atoms with van der Waals surface area (Å²) in [5.41, 5.74) is 8.21. The lowest BCUT2D eigenvalue weighted by atomic mass is 9.83. The topological polar surface area (TPSA) is 41.3 Å². The van der Waals surface area contributed by atoms with E-state index in [1.807, 2.05) is 19.1 Å². The van der Waals surface area contributed by atoms with Gasteiger partial charge in [0, 0.05) is 29.8 Å². The zero-order valence-electron chi connectivity index (χ0n) is 12.0. The number of rotatable bonds is 3. The third-order valence-electron chi connectivity index (χ3n) is 4.35. The van der Waals surface area contributed by atoms with Crippen LogP contribution in [0.25, 0.3) is 0 Å². The number of nitrogens with two attached hydrogens (primary N) is 1. The number of benzene rings is 1. The van der Waals surface area contributed by atoms with Crippen molar-refractivity contribution in [2.24, 2.45) is 5.73 Å². The van der Waals surface area contributed by atoms with E-state index in [-0.39, 0.29) is 5.54 Å². The lowest BCUT2D eigenvalue weighted by Crippen LogP contribution is -2.55. The molecule has 1 saturated heterocycles. The quantitative estimate of drug-likeness (QED) is 0.895. The van der Waals surface area contributed by atoms with Crippen LogP contribution in [0.2, 0.25) is 5.02 Å². The first-order valence-electron chi connectivity index (χ1n) is 6.90. The molecule has 1 aliphatic rings. The zero-order chi connectivity index (χ0) is 14.0. The molecule has 0 saturated carbocycles. The van der Waals surface area contributed by atoms with Crippen LogP contribution in [-0.4, -0.2) is 36.6 Å². The Balaban J connectivity index is 2.16. The first-order chi connectivity index (χ1) is 8.96. The maximum Gasteiger partial charge on any atom is 0.0522 e. The number of halogens is 1. The van der Waals surface area contributed by atoms with Gasteiger partial charge in [-0.15, -0.1) is 0 Å². The average Bonchev–Trinajstić information content (AvgIpc) is 2.39. The van der Waals surface area contributed by atoms with Gasteiger partial charge in [0.25, 0.3) is 0 Å². The number of aryl methyl sites for hydroxylation is 1. The zero-order valence-corrected chi connectivity index (χ0v) is 12.8. The summed E-state index contributed by atoms with van der Waals surface area (Å²) < 4.78 is 0. The Labute approximate surface area is 121 Å². The summed E-state index contributed by atoms with van der Waals surface area (Å²) in [5, 5.41) is 4.43. The Morgan fingerprint density at radius 2 is 2.26 bits per heavy atom. The van der Waals surface area contributed by atoms with Gasteiger partial charge in [0.05, 0.1) is 5.54 Å². The molecule has 2 atom stereocenters. The summed E-state index contributed by atoms with van der Waals surface area (Å²) in [6, 6.07) is 6.68. The van der Waals surface area contributed by atoms with Crippen molar-refractivity contribution in [1.29, 1.82) is 0 Å². The van der Waals surface area contributed by atoms with Crippen molar-refractivity contribution in [1.82, 2.24) is 4.90 Å². The lowest BCUT2D eigenvalue weighted by Gasteiger charge is -2.45. The van der Waals surface area contributed by atoms with Crippen molar-refractivity contribution in [3.05, 3.63) is 28.8 Å². The molecule has 0 aromatic heterocycles. The minimum Gasteiger partial charge on any atom is -0.378 e. The van der Waals surface area contributed by atoms with Crippen molar-refractivity contribution in [2.75, 3.05) is 25.5 Å². The highest BCUT2D eigenvalue weighted by molar-refractivity contribution is 6.31. The molecule has 2 unspecified atom stereocenters. The summed E-state index contributed by atoms with van der Waals surface area (Å²) in [4.78, 5) is 2.39. The molecule has 0 aliphatic carbocycles. The van der Waals surface area contributed by atoms with Gasteiger partial charge in [-0.2, -0.15) is 0 Å². The van der Waals surface area contributed by atoms with E-state index in [9.17, 15) is 0 Å². The standard InChI is InChI=1S/C15H24ClN3/c1-11-4-5-13(8-14(11)16)18-15(10-17)6-7-19(3)12(2)9-15/h4-5,8,12,18H,6-7,9-10,17H2,1-3H3. The highest BCUT2D eigenvalue weighted by Crippen LogP contribution is 2.30. The number of nitrogens with one attached hydrogen (secondary N) is 1. The summed E-state index contributed by atoms with van der Waals surface area (Å²) in [6.45, 7) is 6.00. The Bertz CT molecular complexity index is 449. The molecule has 19 heavy (non-hydrogen) atoms. The molecular formula is C15H24ClN3. The van der Waals surface area contributed by atoms with Crippen LogP contribution in [0.3, 0.4) is 0 Å². The molecule has 0 spiro atoms. The third-order valence-corrected chi connectivity index (χ3v) is 4.76. The smallest absolute Gasteiger partial charge is 0.0522 e. The Kier molecular flexibility index (Phi) is 4.39. The van der Waals surface area contributed by atoms with Gasteiger partial charge in [0.15, 0.2) is 0 Å². The molecule has 4 heteroatoms. The highest BCUT2D eigenvalue weighted by Gasteiger charge is 2.35. The van der Waals surface area contributed by atoms with Gasteiger partial charge < -0.3 is 16.0 Å². The van der Waals surface area contributed by atoms with Gasteiger partial charge in [0.1, 0.15) is 0 Å². The molecule has 0 radical (unpaired) electrons. The van der Waals surface area contributed by atoms with E-state index in [1.54, 1.807) is 0 Å². The maximum atomic E-state index is 6.19. The Morgan fingerprint density at radius 1 is 1.53 bits per heavy atom. The highest BCUT2D eigenvalue weighted by atomic mass is 35.5. The molecule has 1 aliphatic heterocycles. The molecule has 3 N–H and O–H groups in total. The van der Waals surface area contributed by atoms with E-state index in [0.29, 0.717) is 12.6 Å². The third kappa shape index (κ3) is 3.22. The number of hydrogen-bond donors (Lipinski definition) is 2. The molecule has 1 fully saturated rings. The number of nitrogens with zero attached hydrogens (tertiary/aromatic N) is 1. The summed E-state index contributed by atoms with van der Waals surface area (Å²) >= 11 is 6.19. The van der Waals surface area contributed by atoms with Crippen molar-refractivity contribution in [3.8, 4) is 0 Å². The monoisotopic (exact) mass is 281 g/mol. The predicted octanol–water partition coefficient (Wildman–Crippen LogP) is 2.87. The molecule has 106 valence electrons. The van der Waals surface area contributed by atoms with Gasteiger partial charge in [-0.3, -0.25) is 0 Å². The second-order valence-electron chi connectivity index (χ2n) is 5.86. The fraction of sp³-hybridized carbons (Fsp3) is 0.600. The second-order valence-corrected chi connectivity index (χ2v) is 6.26. The molecular weight excluding hydrogens is 258 g/mol. The molecule has 1 heterocycles. The fourth-order valence-corrected chi connectivity index (χ4v) is 2.94. The van der Waals surface area contributed by atoms with Gasteiger partial charge in [-0.25, -0.2) is 0 Å². The van der Waals surface area contributed by atoms with Crippen molar-refractivity contribution in [3.63, 3.8) is 0 Å². The molecule has 0 bridgehead atoms. The summed E-state index contributed by atoms with van der Waals surface area (Å²) in [7, 11) is 2.17. The molecule has 2 rings (SSSR count). The molecule has 1 aromatic rings. The van der Waals surface area contributed by atoms with Crippen LogP contribution >= 0.6 is 11.6 Å². The van der Waals surface area contributed by atoms with Crippen LogP contribution in [0, 0.1) is 6.92 Å². The Morgan fingerprint density at radius 3 is 2.84 bits per heavy atom. The SMILES string of the molecule is Cc1ccc(NC2(CN)CCN(C)C(C)C2)cc1Cl. The van der Waals surface area contributed by atoms with E-state index in [0.717, 1.165) is 35.7 Å². The van der Waals surface area contributed by atoms with E-state index < -0.39 is 0 Å². The summed E-state index contributed by atoms with van der Waals surface area (Å²) in [5.74, 6) is 0. The largest absolute Gasteiger partial charge is 0.378 e. The molecule has 0 amide bonds. The number of likely N-dealkylation sites (tertiary alicyclic amines) is 1. The molecule has 3 nitrogen and oxygen atoms in total. The first-order valence-corrected chi connectivity index (χ1v) is 7.28. The molecule has 1 aromatic carbocycles. The number of piperidine rings is 1. The lowest BCUT2D eigenvalue weighted by molar-refractivity contribution is 0.147. The first kappa shape index (κ1) is 14.6. The van der Waals surface area contributed by atoms with Crippen molar-refractivity contribution in [2.45, 2.75) is 38.3 Å². The van der Waals surface area contributed by atoms with Gasteiger partial charge in [-0.05, 0) is 51.4 Å². The van der Waals surface area contributed by atoms with Crippen LogP contribution in [0.15, 0.2) is 18.2 Å². The van der Waals surface area contributed by atoms with E-state index in [1.165, 1.54) is 0 Å². The predicted molar refractivity (Wildman–Crippen MR) is 82.9 cm³/mol. The minimum absolute atomic E-state index is 0.00941. The maximum absolute atomic E-state index is 6.19. The Hall–Kier alpha value is -0.770. The van der Waals surface area contributed by atoms with Gasteiger partial charge in [-0.1, -0.05) is 17.7 Å². The fourth-order valence-electron chi connectivity index (χ4n) is 2.76. The summed E-state index contributed by atoms with van der Waals surface area (Å²) in [6.07, 6.45) is 2.13. The van der Waals surface area contributed by atoms with E-state index in [2.05, 4.69) is 30.3 Å². The average molecular weight is 282 g/mol. The van der Waals surface area contributed by atoms with E-state index in [4.69, 9.17) is 17.3 Å². The minimum atomic E-state index is -0.00941. The normalized spacial score (nSPS) is 28.4. The second kappa shape index (κ2) is 5.70. The van der Waals surface area contributed by atoms with Crippen LogP contribution < -0.4 is 11.1 Å². The number of anilines is 1. The van der Waals surface area contributed by atoms with Crippen LogP contribution in [-0.2, 0) is 0 Å². The van der Waals surface area contributed by atoms with E-state index >= 15 is 0 Å². The number of hydrogen-bond acceptors (Lipinski definition) is 3. The van der Waals surface area contributed by atoms with Gasteiger partial charge >= 0.3 is 0 Å². The van der Waals surface area contributed by atoms with Gasteiger partial charge in [0.2, 0.25) is 0 Å².